The summed E-state index contributed by atoms with van der Waals surface area (Å²) in [5.41, 5.74) is 1.37. The predicted octanol–water partition coefficient (Wildman–Crippen LogP) is 2.88. The van der Waals surface area contributed by atoms with Crippen LogP contribution in [0.4, 0.5) is 5.95 Å². The third-order valence-corrected chi connectivity index (χ3v) is 3.92. The van der Waals surface area contributed by atoms with Crippen LogP contribution in [0.15, 0.2) is 23.8 Å². The Morgan fingerprint density at radius 2 is 2.44 bits per heavy atom. The number of aryl methyl sites for hydroxylation is 1. The van der Waals surface area contributed by atoms with E-state index in [1.807, 2.05) is 23.7 Å². The Labute approximate surface area is 99.1 Å². The van der Waals surface area contributed by atoms with Crippen LogP contribution in [0.3, 0.4) is 0 Å². The molecule has 84 valence electrons. The lowest BCUT2D eigenvalue weighted by atomic mass is 10.3. The first-order valence-corrected chi connectivity index (χ1v) is 6.51. The number of nitrogens with zero attached hydrogens (tertiary/aromatic N) is 2. The van der Waals surface area contributed by atoms with Crippen molar-refractivity contribution in [3.8, 4) is 0 Å². The normalized spacial score (nSPS) is 15.3. The molecule has 3 nitrogen and oxygen atoms in total. The number of nitrogens with one attached hydrogen (secondary N) is 1. The number of hydrogen-bond donors (Lipinski definition) is 1. The molecule has 2 aromatic rings. The van der Waals surface area contributed by atoms with E-state index < -0.39 is 0 Å². The van der Waals surface area contributed by atoms with Gasteiger partial charge in [-0.25, -0.2) is 4.98 Å². The average Bonchev–Trinajstić information content (AvgIpc) is 2.84. The number of aromatic nitrogens is 2. The minimum absolute atomic E-state index is 0.658. The Morgan fingerprint density at radius 1 is 1.56 bits per heavy atom. The van der Waals surface area contributed by atoms with E-state index in [2.05, 4.69) is 33.2 Å². The molecule has 0 atom stereocenters. The first kappa shape index (κ1) is 9.90. The number of rotatable bonds is 4. The number of anilines is 1. The first-order chi connectivity index (χ1) is 7.83. The molecule has 1 saturated carbocycles. The van der Waals surface area contributed by atoms with E-state index in [0.29, 0.717) is 6.04 Å². The maximum absolute atomic E-state index is 4.36. The molecule has 0 saturated heterocycles. The van der Waals surface area contributed by atoms with Crippen LogP contribution >= 0.6 is 11.3 Å². The highest BCUT2D eigenvalue weighted by Crippen LogP contribution is 2.25. The third kappa shape index (κ3) is 1.97. The van der Waals surface area contributed by atoms with Crippen molar-refractivity contribution in [1.82, 2.24) is 9.55 Å². The van der Waals surface area contributed by atoms with Crippen LogP contribution < -0.4 is 5.32 Å². The molecule has 0 bridgehead atoms. The maximum atomic E-state index is 4.36. The van der Waals surface area contributed by atoms with Gasteiger partial charge in [-0.05, 0) is 36.8 Å². The van der Waals surface area contributed by atoms with Gasteiger partial charge >= 0.3 is 0 Å². The fourth-order valence-corrected chi connectivity index (χ4v) is 2.61. The molecule has 1 fully saturated rings. The van der Waals surface area contributed by atoms with Crippen LogP contribution in [0.2, 0.25) is 0 Å². The number of imidazole rings is 1. The molecule has 0 radical (unpaired) electrons. The highest BCUT2D eigenvalue weighted by Gasteiger charge is 2.22. The van der Waals surface area contributed by atoms with Crippen LogP contribution in [0.25, 0.3) is 0 Å². The standard InChI is InChI=1S/C12H15N3S/c1-9-4-7-16-11(9)8-15-6-5-13-12(15)14-10-2-3-10/h4-7,10H,2-3,8H2,1H3,(H,13,14). The van der Waals surface area contributed by atoms with Crippen molar-refractivity contribution in [3.05, 3.63) is 34.3 Å². The topological polar surface area (TPSA) is 29.9 Å². The summed E-state index contributed by atoms with van der Waals surface area (Å²) in [6.45, 7) is 3.09. The van der Waals surface area contributed by atoms with E-state index in [4.69, 9.17) is 0 Å². The summed E-state index contributed by atoms with van der Waals surface area (Å²) >= 11 is 1.81. The predicted molar refractivity (Wildman–Crippen MR) is 67.0 cm³/mol. The van der Waals surface area contributed by atoms with Crippen molar-refractivity contribution in [3.63, 3.8) is 0 Å². The van der Waals surface area contributed by atoms with Crippen LogP contribution in [0.1, 0.15) is 23.3 Å². The van der Waals surface area contributed by atoms with Crippen LogP contribution in [-0.2, 0) is 6.54 Å². The van der Waals surface area contributed by atoms with Crippen molar-refractivity contribution in [2.45, 2.75) is 32.4 Å². The van der Waals surface area contributed by atoms with Gasteiger partial charge in [0.15, 0.2) is 0 Å². The Balaban J connectivity index is 1.78. The van der Waals surface area contributed by atoms with Gasteiger partial charge < -0.3 is 9.88 Å². The lowest BCUT2D eigenvalue weighted by Crippen LogP contribution is -2.09. The van der Waals surface area contributed by atoms with Gasteiger partial charge in [-0.15, -0.1) is 11.3 Å². The monoisotopic (exact) mass is 233 g/mol. The van der Waals surface area contributed by atoms with E-state index in [-0.39, 0.29) is 0 Å². The SMILES string of the molecule is Cc1ccsc1Cn1ccnc1NC1CC1. The maximum Gasteiger partial charge on any atom is 0.203 e. The van der Waals surface area contributed by atoms with Gasteiger partial charge in [0.1, 0.15) is 0 Å². The zero-order chi connectivity index (χ0) is 11.0. The molecule has 1 aliphatic rings. The Hall–Kier alpha value is -1.29. The van der Waals surface area contributed by atoms with Crippen LogP contribution in [-0.4, -0.2) is 15.6 Å². The quantitative estimate of drug-likeness (QED) is 0.880. The minimum Gasteiger partial charge on any atom is -0.353 e. The molecule has 2 heterocycles. The summed E-state index contributed by atoms with van der Waals surface area (Å²) in [5.74, 6) is 1.01. The fraction of sp³-hybridized carbons (Fsp3) is 0.417. The summed E-state index contributed by atoms with van der Waals surface area (Å²) < 4.78 is 2.19. The second kappa shape index (κ2) is 3.94. The lowest BCUT2D eigenvalue weighted by Gasteiger charge is -2.08. The van der Waals surface area contributed by atoms with Crippen molar-refractivity contribution in [2.24, 2.45) is 0 Å². The van der Waals surface area contributed by atoms with Gasteiger partial charge in [0, 0.05) is 23.3 Å². The summed E-state index contributed by atoms with van der Waals surface area (Å²) in [5, 5.41) is 5.60. The van der Waals surface area contributed by atoms with E-state index in [1.165, 1.54) is 23.3 Å². The molecule has 0 amide bonds. The molecule has 2 aromatic heterocycles. The molecule has 1 aliphatic carbocycles. The Morgan fingerprint density at radius 3 is 3.12 bits per heavy atom. The van der Waals surface area contributed by atoms with Crippen LogP contribution in [0.5, 0.6) is 0 Å². The van der Waals surface area contributed by atoms with Crippen molar-refractivity contribution < 1.29 is 0 Å². The molecule has 4 heteroatoms. The molecular weight excluding hydrogens is 218 g/mol. The molecule has 0 aliphatic heterocycles. The molecule has 0 aromatic carbocycles. The minimum atomic E-state index is 0.658. The zero-order valence-corrected chi connectivity index (χ0v) is 10.1. The smallest absolute Gasteiger partial charge is 0.203 e. The zero-order valence-electron chi connectivity index (χ0n) is 9.31. The van der Waals surface area contributed by atoms with Crippen molar-refractivity contribution in [1.29, 1.82) is 0 Å². The van der Waals surface area contributed by atoms with Gasteiger partial charge in [0.05, 0.1) is 6.54 Å². The van der Waals surface area contributed by atoms with E-state index in [9.17, 15) is 0 Å². The summed E-state index contributed by atoms with van der Waals surface area (Å²) in [6.07, 6.45) is 6.48. The van der Waals surface area contributed by atoms with Gasteiger partial charge in [-0.3, -0.25) is 0 Å². The summed E-state index contributed by atoms with van der Waals surface area (Å²) in [4.78, 5) is 5.78. The molecular formula is C12H15N3S. The Bertz CT molecular complexity index is 482. The average molecular weight is 233 g/mol. The number of hydrogen-bond acceptors (Lipinski definition) is 3. The van der Waals surface area contributed by atoms with E-state index in [1.54, 1.807) is 0 Å². The van der Waals surface area contributed by atoms with E-state index in [0.717, 1.165) is 12.5 Å². The lowest BCUT2D eigenvalue weighted by molar-refractivity contribution is 0.804. The second-order valence-electron chi connectivity index (χ2n) is 4.32. The molecule has 0 spiro atoms. The fourth-order valence-electron chi connectivity index (χ4n) is 1.71. The van der Waals surface area contributed by atoms with E-state index >= 15 is 0 Å². The highest BCUT2D eigenvalue weighted by atomic mass is 32.1. The molecule has 3 rings (SSSR count). The van der Waals surface area contributed by atoms with Crippen molar-refractivity contribution >= 4 is 17.3 Å². The first-order valence-electron chi connectivity index (χ1n) is 5.63. The van der Waals surface area contributed by atoms with Gasteiger partial charge in [0.2, 0.25) is 5.95 Å². The van der Waals surface area contributed by atoms with Gasteiger partial charge in [-0.2, -0.15) is 0 Å². The summed E-state index contributed by atoms with van der Waals surface area (Å²) in [6, 6.07) is 2.83. The largest absolute Gasteiger partial charge is 0.353 e. The molecule has 0 unspecified atom stereocenters. The molecule has 1 N–H and O–H groups in total. The Kier molecular flexibility index (Phi) is 2.44. The second-order valence-corrected chi connectivity index (χ2v) is 5.32. The number of thiophene rings is 1. The van der Waals surface area contributed by atoms with Crippen LogP contribution in [0, 0.1) is 6.92 Å². The molecule has 16 heavy (non-hydrogen) atoms. The third-order valence-electron chi connectivity index (χ3n) is 2.91. The summed E-state index contributed by atoms with van der Waals surface area (Å²) in [7, 11) is 0. The van der Waals surface area contributed by atoms with Gasteiger partial charge in [-0.1, -0.05) is 0 Å². The van der Waals surface area contributed by atoms with Gasteiger partial charge in [0.25, 0.3) is 0 Å². The van der Waals surface area contributed by atoms with Crippen molar-refractivity contribution in [2.75, 3.05) is 5.32 Å². The highest BCUT2D eigenvalue weighted by molar-refractivity contribution is 7.10.